The van der Waals surface area contributed by atoms with E-state index in [1.165, 1.54) is 11.4 Å². The van der Waals surface area contributed by atoms with Gasteiger partial charge in [0.1, 0.15) is 10.6 Å². The summed E-state index contributed by atoms with van der Waals surface area (Å²) in [6, 6.07) is 10.6. The monoisotopic (exact) mass is 367 g/mol. The summed E-state index contributed by atoms with van der Waals surface area (Å²) in [7, 11) is -2.19. The number of hydrogen-bond acceptors (Lipinski definition) is 5. The molecule has 1 fully saturated rings. The summed E-state index contributed by atoms with van der Waals surface area (Å²) in [4.78, 5) is 1.20. The highest BCUT2D eigenvalue weighted by Gasteiger charge is 2.31. The Labute approximate surface area is 146 Å². The molecule has 24 heavy (non-hydrogen) atoms. The lowest BCUT2D eigenvalue weighted by Crippen LogP contribution is -2.36. The molecule has 1 atom stereocenters. The van der Waals surface area contributed by atoms with Crippen molar-refractivity contribution < 1.29 is 17.9 Å². The minimum atomic E-state index is -3.67. The lowest BCUT2D eigenvalue weighted by atomic mass is 10.2. The van der Waals surface area contributed by atoms with E-state index in [-0.39, 0.29) is 11.0 Å². The van der Waals surface area contributed by atoms with Gasteiger partial charge in [-0.15, -0.1) is 11.3 Å². The largest absolute Gasteiger partial charge is 0.495 e. The number of para-hydroxylation sites is 1. The van der Waals surface area contributed by atoms with Crippen LogP contribution < -0.4 is 4.74 Å². The summed E-state index contributed by atoms with van der Waals surface area (Å²) in [6.07, 6.45) is 1.82. The van der Waals surface area contributed by atoms with Crippen molar-refractivity contribution in [3.05, 3.63) is 46.7 Å². The predicted octanol–water partition coefficient (Wildman–Crippen LogP) is 3.13. The van der Waals surface area contributed by atoms with Crippen molar-refractivity contribution in [2.24, 2.45) is 0 Å². The second-order valence-corrected chi connectivity index (χ2v) is 8.60. The molecule has 0 aliphatic carbocycles. The average molecular weight is 367 g/mol. The van der Waals surface area contributed by atoms with E-state index in [1.54, 1.807) is 35.6 Å². The predicted molar refractivity (Wildman–Crippen MR) is 93.9 cm³/mol. The van der Waals surface area contributed by atoms with Gasteiger partial charge in [0.05, 0.1) is 13.2 Å². The molecule has 2 heterocycles. The van der Waals surface area contributed by atoms with E-state index in [0.29, 0.717) is 25.4 Å². The van der Waals surface area contributed by atoms with E-state index in [4.69, 9.17) is 9.47 Å². The zero-order valence-electron chi connectivity index (χ0n) is 13.6. The summed E-state index contributed by atoms with van der Waals surface area (Å²) in [6.45, 7) is 1.41. The molecule has 3 rings (SSSR count). The second-order valence-electron chi connectivity index (χ2n) is 5.66. The molecule has 0 saturated carbocycles. The molecule has 0 spiro atoms. The number of nitrogens with zero attached hydrogens (tertiary/aromatic N) is 1. The van der Waals surface area contributed by atoms with Crippen molar-refractivity contribution in [1.29, 1.82) is 0 Å². The molecule has 0 N–H and O–H groups in total. The molecule has 0 bridgehead atoms. The highest BCUT2D eigenvalue weighted by molar-refractivity contribution is 7.89. The van der Waals surface area contributed by atoms with Crippen LogP contribution in [-0.2, 0) is 21.3 Å². The van der Waals surface area contributed by atoms with Crippen LogP contribution in [0, 0.1) is 0 Å². The minimum absolute atomic E-state index is 0.0468. The van der Waals surface area contributed by atoms with Crippen LogP contribution in [0.25, 0.3) is 0 Å². The molecule has 1 aliphatic heterocycles. The smallest absolute Gasteiger partial charge is 0.247 e. The molecule has 1 aromatic heterocycles. The molecule has 7 heteroatoms. The molecular weight excluding hydrogens is 346 g/mol. The molecule has 0 radical (unpaired) electrons. The molecule has 1 unspecified atom stereocenters. The summed E-state index contributed by atoms with van der Waals surface area (Å²) in [5, 5.41) is 1.95. The van der Waals surface area contributed by atoms with Crippen LogP contribution in [0.3, 0.4) is 0 Å². The van der Waals surface area contributed by atoms with Crippen LogP contribution in [0.5, 0.6) is 5.75 Å². The quantitative estimate of drug-likeness (QED) is 0.754. The fourth-order valence-electron chi connectivity index (χ4n) is 2.81. The molecule has 5 nitrogen and oxygen atoms in total. The van der Waals surface area contributed by atoms with Gasteiger partial charge in [0, 0.05) is 24.6 Å². The van der Waals surface area contributed by atoms with Gasteiger partial charge in [0.25, 0.3) is 0 Å². The van der Waals surface area contributed by atoms with Gasteiger partial charge < -0.3 is 9.47 Å². The fourth-order valence-corrected chi connectivity index (χ4v) is 5.22. The Morgan fingerprint density at radius 1 is 1.29 bits per heavy atom. The Balaban J connectivity index is 1.92. The Bertz CT molecular complexity index is 753. The van der Waals surface area contributed by atoms with E-state index in [2.05, 4.69) is 0 Å². The van der Waals surface area contributed by atoms with Crippen LogP contribution >= 0.6 is 11.3 Å². The Morgan fingerprint density at radius 3 is 2.79 bits per heavy atom. The van der Waals surface area contributed by atoms with Gasteiger partial charge >= 0.3 is 0 Å². The summed E-state index contributed by atoms with van der Waals surface area (Å²) in [5.41, 5.74) is 0. The lowest BCUT2D eigenvalue weighted by Gasteiger charge is -2.25. The third-order valence-electron chi connectivity index (χ3n) is 4.03. The fraction of sp³-hybridized carbons (Fsp3) is 0.412. The maximum atomic E-state index is 13.2. The molecule has 2 aromatic rings. The highest BCUT2D eigenvalue weighted by Crippen LogP contribution is 2.29. The Kier molecular flexibility index (Phi) is 5.55. The number of ether oxygens (including phenoxy) is 2. The van der Waals surface area contributed by atoms with E-state index in [9.17, 15) is 8.42 Å². The van der Waals surface area contributed by atoms with E-state index in [0.717, 1.165) is 17.7 Å². The third kappa shape index (κ3) is 3.80. The number of sulfonamides is 1. The van der Waals surface area contributed by atoms with Gasteiger partial charge in [-0.25, -0.2) is 8.42 Å². The van der Waals surface area contributed by atoms with Crippen molar-refractivity contribution in [1.82, 2.24) is 4.31 Å². The number of methoxy groups -OCH3 is 1. The normalized spacial score (nSPS) is 18.2. The average Bonchev–Trinajstić information content (AvgIpc) is 3.28. The Morgan fingerprint density at radius 2 is 2.12 bits per heavy atom. The number of rotatable bonds is 7. The van der Waals surface area contributed by atoms with Crippen LogP contribution in [0.15, 0.2) is 46.7 Å². The standard InChI is InChI=1S/C17H21NO4S2/c1-21-16-8-2-3-9-17(16)24(19,20)18(12-14-6-4-10-22-14)13-15-7-5-11-23-15/h2-3,5,7-9,11,14H,4,6,10,12-13H2,1H3. The number of thiophene rings is 1. The molecule has 0 amide bonds. The lowest BCUT2D eigenvalue weighted by molar-refractivity contribution is 0.0927. The van der Waals surface area contributed by atoms with Gasteiger partial charge in [-0.2, -0.15) is 4.31 Å². The van der Waals surface area contributed by atoms with Crippen molar-refractivity contribution in [3.8, 4) is 5.75 Å². The zero-order valence-corrected chi connectivity index (χ0v) is 15.2. The number of hydrogen-bond donors (Lipinski definition) is 0. The third-order valence-corrected chi connectivity index (χ3v) is 6.74. The first kappa shape index (κ1) is 17.4. The van der Waals surface area contributed by atoms with E-state index < -0.39 is 10.0 Å². The van der Waals surface area contributed by atoms with Gasteiger partial charge in [-0.05, 0) is 36.4 Å². The van der Waals surface area contributed by atoms with Gasteiger partial charge in [-0.3, -0.25) is 0 Å². The minimum Gasteiger partial charge on any atom is -0.495 e. The van der Waals surface area contributed by atoms with Gasteiger partial charge in [0.15, 0.2) is 0 Å². The van der Waals surface area contributed by atoms with Crippen LogP contribution in [0.2, 0.25) is 0 Å². The van der Waals surface area contributed by atoms with E-state index in [1.807, 2.05) is 17.5 Å². The van der Waals surface area contributed by atoms with Crippen molar-refractivity contribution in [3.63, 3.8) is 0 Å². The molecular formula is C17H21NO4S2. The van der Waals surface area contributed by atoms with Crippen LogP contribution in [-0.4, -0.2) is 39.1 Å². The van der Waals surface area contributed by atoms with E-state index >= 15 is 0 Å². The van der Waals surface area contributed by atoms with Crippen LogP contribution in [0.1, 0.15) is 17.7 Å². The summed E-state index contributed by atoms with van der Waals surface area (Å²) in [5.74, 6) is 0.362. The number of benzene rings is 1. The van der Waals surface area contributed by atoms with Crippen molar-refractivity contribution in [2.45, 2.75) is 30.4 Å². The maximum Gasteiger partial charge on any atom is 0.247 e. The first-order chi connectivity index (χ1) is 11.6. The maximum absolute atomic E-state index is 13.2. The summed E-state index contributed by atoms with van der Waals surface area (Å²) >= 11 is 1.55. The van der Waals surface area contributed by atoms with Gasteiger partial charge in [-0.1, -0.05) is 18.2 Å². The Hall–Kier alpha value is -1.41. The molecule has 130 valence electrons. The molecule has 1 saturated heterocycles. The van der Waals surface area contributed by atoms with Crippen molar-refractivity contribution in [2.75, 3.05) is 20.3 Å². The first-order valence-corrected chi connectivity index (χ1v) is 10.2. The van der Waals surface area contributed by atoms with Crippen molar-refractivity contribution >= 4 is 21.4 Å². The summed E-state index contributed by atoms with van der Waals surface area (Å²) < 4.78 is 38.9. The molecule has 1 aromatic carbocycles. The van der Waals surface area contributed by atoms with Crippen LogP contribution in [0.4, 0.5) is 0 Å². The first-order valence-electron chi connectivity index (χ1n) is 7.88. The second kappa shape index (κ2) is 7.65. The molecule has 1 aliphatic rings. The highest BCUT2D eigenvalue weighted by atomic mass is 32.2. The zero-order chi connectivity index (χ0) is 17.0. The topological polar surface area (TPSA) is 55.8 Å². The SMILES string of the molecule is COc1ccccc1S(=O)(=O)N(Cc1cccs1)CC1CCCO1. The van der Waals surface area contributed by atoms with Gasteiger partial charge in [0.2, 0.25) is 10.0 Å².